The van der Waals surface area contributed by atoms with E-state index in [0.29, 0.717) is 0 Å². The number of nitrogens with zero attached hydrogens (tertiary/aromatic N) is 2. The molecule has 0 saturated carbocycles. The van der Waals surface area contributed by atoms with Gasteiger partial charge in [0.1, 0.15) is 5.75 Å². The van der Waals surface area contributed by atoms with Gasteiger partial charge in [0.05, 0.1) is 34.4 Å². The molecule has 2 aromatic carbocycles. The Balaban J connectivity index is 1.84. The quantitative estimate of drug-likeness (QED) is 0.538. The first-order valence-electron chi connectivity index (χ1n) is 8.78. The second-order valence-corrected chi connectivity index (χ2v) is 6.46. The molecule has 0 radical (unpaired) electrons. The summed E-state index contributed by atoms with van der Waals surface area (Å²) in [7, 11) is 0. The number of rotatable bonds is 5. The lowest BCUT2D eigenvalue weighted by Crippen LogP contribution is -2.20. The predicted octanol–water partition coefficient (Wildman–Crippen LogP) is 5.39. The zero-order valence-electron chi connectivity index (χ0n) is 15.9. The molecular weight excluding hydrogens is 428 g/mol. The monoisotopic (exact) mass is 443 g/mol. The Hall–Kier alpha value is -3.50. The number of carbonyl (C=O) groups excluding carboxylic acids is 1. The maximum atomic E-state index is 13.0. The summed E-state index contributed by atoms with van der Waals surface area (Å²) in [5, 5.41) is 6.41. The minimum absolute atomic E-state index is 0.00275. The Labute approximate surface area is 172 Å². The van der Waals surface area contributed by atoms with Crippen LogP contribution in [0.2, 0.25) is 0 Å². The van der Waals surface area contributed by atoms with Crippen LogP contribution in [0.4, 0.5) is 32.0 Å². The number of benzene rings is 2. The third-order valence-electron chi connectivity index (χ3n) is 4.20. The van der Waals surface area contributed by atoms with Crippen LogP contribution in [0.5, 0.6) is 5.75 Å². The first kappa shape index (κ1) is 22.2. The lowest BCUT2D eigenvalue weighted by molar-refractivity contribution is -0.153. The Morgan fingerprint density at radius 3 is 2.45 bits per heavy atom. The van der Waals surface area contributed by atoms with Gasteiger partial charge in [0.2, 0.25) is 0 Å². The summed E-state index contributed by atoms with van der Waals surface area (Å²) < 4.78 is 82.0. The van der Waals surface area contributed by atoms with E-state index >= 15 is 0 Å². The fourth-order valence-electron chi connectivity index (χ4n) is 2.75. The van der Waals surface area contributed by atoms with Gasteiger partial charge in [-0.1, -0.05) is 18.2 Å². The molecule has 1 aromatic heterocycles. The van der Waals surface area contributed by atoms with Gasteiger partial charge in [0.25, 0.3) is 5.91 Å². The average Bonchev–Trinajstić information content (AvgIpc) is 3.07. The Bertz CT molecular complexity index is 1090. The second-order valence-electron chi connectivity index (χ2n) is 6.46. The number of ether oxygens (including phenoxy) is 1. The van der Waals surface area contributed by atoms with Crippen LogP contribution in [-0.4, -0.2) is 28.5 Å². The van der Waals surface area contributed by atoms with Crippen molar-refractivity contribution in [1.29, 1.82) is 0 Å². The van der Waals surface area contributed by atoms with Gasteiger partial charge in [0, 0.05) is 0 Å². The number of para-hydroxylation sites is 2. The summed E-state index contributed by atoms with van der Waals surface area (Å²) in [6.07, 6.45) is -7.94. The van der Waals surface area contributed by atoms with E-state index in [0.717, 1.165) is 23.0 Å². The third-order valence-corrected chi connectivity index (χ3v) is 4.20. The molecule has 0 saturated heterocycles. The van der Waals surface area contributed by atoms with Crippen LogP contribution < -0.4 is 10.1 Å². The molecule has 0 fully saturated rings. The van der Waals surface area contributed by atoms with E-state index in [1.807, 2.05) is 0 Å². The summed E-state index contributed by atoms with van der Waals surface area (Å²) >= 11 is 0. The molecule has 1 heterocycles. The van der Waals surface area contributed by atoms with E-state index in [9.17, 15) is 31.1 Å². The van der Waals surface area contributed by atoms with E-state index in [2.05, 4.69) is 10.4 Å². The van der Waals surface area contributed by atoms with Crippen molar-refractivity contribution in [1.82, 2.24) is 9.78 Å². The zero-order valence-corrected chi connectivity index (χ0v) is 15.9. The summed E-state index contributed by atoms with van der Waals surface area (Å²) in [6.45, 7) is -0.0549. The van der Waals surface area contributed by atoms with E-state index < -0.39 is 30.4 Å². The van der Waals surface area contributed by atoms with Crippen molar-refractivity contribution < 1.29 is 35.9 Å². The highest BCUT2D eigenvalue weighted by atomic mass is 19.4. The van der Waals surface area contributed by atoms with Crippen LogP contribution in [-0.2, 0) is 6.18 Å². The van der Waals surface area contributed by atoms with Gasteiger partial charge in [-0.05, 0) is 37.3 Å². The van der Waals surface area contributed by atoms with Gasteiger partial charge in [-0.25, -0.2) is 4.68 Å². The molecule has 1 N–H and O–H groups in total. The lowest BCUT2D eigenvalue weighted by atomic mass is 10.2. The number of nitrogens with one attached hydrogen (secondary N) is 1. The van der Waals surface area contributed by atoms with Crippen molar-refractivity contribution in [3.8, 4) is 11.4 Å². The lowest BCUT2D eigenvalue weighted by Gasteiger charge is -2.14. The van der Waals surface area contributed by atoms with Crippen LogP contribution in [0.1, 0.15) is 21.6 Å². The van der Waals surface area contributed by atoms with Gasteiger partial charge in [-0.2, -0.15) is 31.4 Å². The van der Waals surface area contributed by atoms with Crippen molar-refractivity contribution in [2.24, 2.45) is 0 Å². The highest BCUT2D eigenvalue weighted by Crippen LogP contribution is 2.31. The molecule has 0 spiro atoms. The van der Waals surface area contributed by atoms with Crippen molar-refractivity contribution in [2.45, 2.75) is 19.3 Å². The first-order chi connectivity index (χ1) is 14.5. The summed E-state index contributed by atoms with van der Waals surface area (Å²) in [5.41, 5.74) is -0.501. The molecule has 11 heteroatoms. The molecule has 5 nitrogen and oxygen atoms in total. The minimum Gasteiger partial charge on any atom is -0.482 e. The molecule has 164 valence electrons. The summed E-state index contributed by atoms with van der Waals surface area (Å²) in [5.74, 6) is -0.894. The molecule has 31 heavy (non-hydrogen) atoms. The SMILES string of the molecule is Cc1c(C(=O)Nc2ccccc2OCC(F)(F)F)cnn1-c1cccc(C(F)(F)F)c1. The molecule has 0 aliphatic rings. The summed E-state index contributed by atoms with van der Waals surface area (Å²) in [4.78, 5) is 12.6. The molecule has 0 atom stereocenters. The second kappa shape index (κ2) is 8.32. The van der Waals surface area contributed by atoms with Gasteiger partial charge in [0.15, 0.2) is 6.61 Å². The number of anilines is 1. The standard InChI is InChI=1S/C20H15F6N3O2/c1-12-15(10-27-29(12)14-6-4-5-13(9-14)20(24,25)26)18(30)28-16-7-2-3-8-17(16)31-11-19(21,22)23/h2-10H,11H2,1H3,(H,28,30). The van der Waals surface area contributed by atoms with E-state index in [-0.39, 0.29) is 28.4 Å². The number of carbonyl (C=O) groups is 1. The minimum atomic E-state index is -4.56. The molecule has 0 aliphatic carbocycles. The molecule has 0 unspecified atom stereocenters. The van der Waals surface area contributed by atoms with Gasteiger partial charge < -0.3 is 10.1 Å². The first-order valence-corrected chi connectivity index (χ1v) is 8.78. The van der Waals surface area contributed by atoms with Gasteiger partial charge in [-0.15, -0.1) is 0 Å². The zero-order chi connectivity index (χ0) is 22.8. The Kier molecular flexibility index (Phi) is 5.96. The number of aromatic nitrogens is 2. The average molecular weight is 443 g/mol. The molecule has 0 aliphatic heterocycles. The van der Waals surface area contributed by atoms with E-state index in [4.69, 9.17) is 4.74 Å². The van der Waals surface area contributed by atoms with E-state index in [1.54, 1.807) is 0 Å². The van der Waals surface area contributed by atoms with Crippen LogP contribution in [0.15, 0.2) is 54.7 Å². The van der Waals surface area contributed by atoms with Gasteiger partial charge >= 0.3 is 12.4 Å². The smallest absolute Gasteiger partial charge is 0.422 e. The molecule has 1 amide bonds. The van der Waals surface area contributed by atoms with Crippen LogP contribution in [0, 0.1) is 6.92 Å². The van der Waals surface area contributed by atoms with Crippen molar-refractivity contribution in [3.63, 3.8) is 0 Å². The third kappa shape index (κ3) is 5.36. The maximum absolute atomic E-state index is 13.0. The number of alkyl halides is 6. The number of hydrogen-bond acceptors (Lipinski definition) is 3. The maximum Gasteiger partial charge on any atom is 0.422 e. The number of amides is 1. The predicted molar refractivity (Wildman–Crippen MR) is 99.2 cm³/mol. The van der Waals surface area contributed by atoms with Crippen LogP contribution in [0.3, 0.4) is 0 Å². The van der Waals surface area contributed by atoms with Crippen LogP contribution in [0.25, 0.3) is 5.69 Å². The largest absolute Gasteiger partial charge is 0.482 e. The van der Waals surface area contributed by atoms with E-state index in [1.165, 1.54) is 43.3 Å². The molecular formula is C20H15F6N3O2. The molecule has 0 bridgehead atoms. The topological polar surface area (TPSA) is 56.1 Å². The highest BCUT2D eigenvalue weighted by molar-refractivity contribution is 6.05. The highest BCUT2D eigenvalue weighted by Gasteiger charge is 2.31. The fraction of sp³-hybridized carbons (Fsp3) is 0.200. The molecule has 3 aromatic rings. The summed E-state index contributed by atoms with van der Waals surface area (Å²) in [6, 6.07) is 9.98. The van der Waals surface area contributed by atoms with Crippen molar-refractivity contribution in [2.75, 3.05) is 11.9 Å². The number of hydrogen-bond donors (Lipinski definition) is 1. The Morgan fingerprint density at radius 2 is 1.77 bits per heavy atom. The van der Waals surface area contributed by atoms with Crippen LogP contribution >= 0.6 is 0 Å². The Morgan fingerprint density at radius 1 is 1.06 bits per heavy atom. The fourth-order valence-corrected chi connectivity index (χ4v) is 2.75. The van der Waals surface area contributed by atoms with Gasteiger partial charge in [-0.3, -0.25) is 4.79 Å². The normalized spacial score (nSPS) is 12.0. The molecule has 3 rings (SSSR count). The van der Waals surface area contributed by atoms with Crippen molar-refractivity contribution >= 4 is 11.6 Å². The van der Waals surface area contributed by atoms with Crippen molar-refractivity contribution in [3.05, 3.63) is 71.5 Å². The number of halogens is 6.